The fraction of sp³-hybridized carbons (Fsp3) is 0.378. The normalized spacial score (nSPS) is 22.3. The Bertz CT molecular complexity index is 1820. The van der Waals surface area contributed by atoms with Gasteiger partial charge in [0.25, 0.3) is 5.91 Å². The molecule has 3 aliphatic rings. The van der Waals surface area contributed by atoms with Crippen molar-refractivity contribution in [1.29, 1.82) is 0 Å². The number of hydrogen-bond acceptors (Lipinski definition) is 6. The number of hydrogen-bond donors (Lipinski definition) is 2. The van der Waals surface area contributed by atoms with E-state index in [1.807, 2.05) is 76.2 Å². The minimum absolute atomic E-state index is 0.00920. The minimum atomic E-state index is -3.01. The largest absolute Gasteiger partial charge is 0.460 e. The van der Waals surface area contributed by atoms with Gasteiger partial charge in [-0.25, -0.2) is 4.98 Å². The van der Waals surface area contributed by atoms with E-state index >= 15 is 0 Å². The lowest BCUT2D eigenvalue weighted by atomic mass is 9.54. The summed E-state index contributed by atoms with van der Waals surface area (Å²) in [4.78, 5) is 33.3. The number of esters is 1. The number of carbonyl (C=O) groups excluding carboxylic acids is 2. The number of carbonyl (C=O) groups is 2. The molecule has 7 nitrogen and oxygen atoms in total. The number of aromatic nitrogens is 1. The maximum atomic E-state index is 14.6. The number of pyridine rings is 1. The van der Waals surface area contributed by atoms with Gasteiger partial charge in [-0.05, 0) is 95.7 Å². The molecule has 0 saturated heterocycles. The number of amides is 1. The van der Waals surface area contributed by atoms with Gasteiger partial charge in [0.1, 0.15) is 11.4 Å². The molecule has 0 spiro atoms. The summed E-state index contributed by atoms with van der Waals surface area (Å²) in [5, 5.41) is 7.55. The maximum absolute atomic E-state index is 14.6. The van der Waals surface area contributed by atoms with E-state index in [-0.39, 0.29) is 17.6 Å². The molecule has 1 unspecified atom stereocenters. The van der Waals surface area contributed by atoms with Gasteiger partial charge in [-0.1, -0.05) is 58.4 Å². The zero-order valence-electron chi connectivity index (χ0n) is 26.8. The first kappa shape index (κ1) is 32.9. The van der Waals surface area contributed by atoms with Crippen LogP contribution in [0.3, 0.4) is 0 Å². The highest BCUT2D eigenvalue weighted by molar-refractivity contribution is 9.10. The predicted molar refractivity (Wildman–Crippen MR) is 182 cm³/mol. The molecule has 1 atom stereocenters. The number of nitrogens with one attached hydrogen (secondary N) is 2. The van der Waals surface area contributed by atoms with Crippen molar-refractivity contribution >= 4 is 44.4 Å². The van der Waals surface area contributed by atoms with Crippen LogP contribution >= 0.6 is 15.9 Å². The molecular weight excluding hydrogens is 668 g/mol. The molecule has 1 aromatic heterocycles. The minimum Gasteiger partial charge on any atom is -0.460 e. The van der Waals surface area contributed by atoms with E-state index in [0.29, 0.717) is 60.0 Å². The van der Waals surface area contributed by atoms with Crippen molar-refractivity contribution in [1.82, 2.24) is 10.3 Å². The molecule has 0 radical (unpaired) electrons. The van der Waals surface area contributed by atoms with E-state index in [2.05, 4.69) is 26.6 Å². The summed E-state index contributed by atoms with van der Waals surface area (Å²) in [5.74, 6) is -0.548. The fourth-order valence-electron chi connectivity index (χ4n) is 7.15. The van der Waals surface area contributed by atoms with Crippen LogP contribution in [0.1, 0.15) is 68.8 Å². The lowest BCUT2D eigenvalue weighted by molar-refractivity contribution is -0.175. The van der Waals surface area contributed by atoms with Crippen LogP contribution in [0.2, 0.25) is 0 Å². The van der Waals surface area contributed by atoms with Gasteiger partial charge < -0.3 is 20.1 Å². The lowest BCUT2D eigenvalue weighted by Crippen LogP contribution is -2.68. The van der Waals surface area contributed by atoms with Crippen LogP contribution in [-0.2, 0) is 9.53 Å². The number of benzene rings is 3. The monoisotopic (exact) mass is 705 g/mol. The molecule has 7 rings (SSSR count). The van der Waals surface area contributed by atoms with E-state index in [9.17, 15) is 18.4 Å². The Morgan fingerprint density at radius 2 is 1.66 bits per heavy atom. The van der Waals surface area contributed by atoms with Gasteiger partial charge in [0.2, 0.25) is 0 Å². The van der Waals surface area contributed by atoms with E-state index in [1.54, 1.807) is 18.2 Å². The van der Waals surface area contributed by atoms with Crippen LogP contribution in [0, 0.1) is 12.3 Å². The second-order valence-electron chi connectivity index (χ2n) is 13.7. The first-order valence-corrected chi connectivity index (χ1v) is 16.6. The molecule has 1 heterocycles. The summed E-state index contributed by atoms with van der Waals surface area (Å²) in [6.45, 7) is 4.42. The third kappa shape index (κ3) is 6.57. The van der Waals surface area contributed by atoms with Gasteiger partial charge in [0.15, 0.2) is 0 Å². The summed E-state index contributed by atoms with van der Waals surface area (Å²) in [6, 6.07) is 21.4. The first-order chi connectivity index (χ1) is 22.3. The standard InChI is InChI=1S/C37H38BrF2N3O4/c1-22-30(25-20-24(38)14-15-26(25)42-31(22)23-10-6-5-7-11-23)32(44)43-37-18-16-36(17-19-37,33(45)47-35(2,3)4)21-29(37)41-27-12-8-9-13-28(27)46-34(39)40/h5-15,20,29,34,41H,16-19,21H2,1-4H3,(H,43,44). The molecule has 2 N–H and O–H groups in total. The highest BCUT2D eigenvalue weighted by atomic mass is 79.9. The van der Waals surface area contributed by atoms with Gasteiger partial charge in [-0.3, -0.25) is 9.59 Å². The number of fused-ring (bicyclic) bond motifs is 4. The zero-order valence-corrected chi connectivity index (χ0v) is 28.4. The Labute approximate surface area is 281 Å². The quantitative estimate of drug-likeness (QED) is 0.178. The summed E-state index contributed by atoms with van der Waals surface area (Å²) in [6.07, 6.45) is 2.37. The van der Waals surface area contributed by atoms with E-state index in [4.69, 9.17) is 14.5 Å². The number of halogens is 3. The van der Waals surface area contributed by atoms with Crippen LogP contribution in [0.15, 0.2) is 77.3 Å². The zero-order chi connectivity index (χ0) is 33.6. The fourth-order valence-corrected chi connectivity index (χ4v) is 7.51. The van der Waals surface area contributed by atoms with Crippen molar-refractivity contribution in [3.63, 3.8) is 0 Å². The van der Waals surface area contributed by atoms with Gasteiger partial charge in [0, 0.05) is 15.4 Å². The molecule has 246 valence electrons. The van der Waals surface area contributed by atoms with Gasteiger partial charge in [-0.2, -0.15) is 8.78 Å². The van der Waals surface area contributed by atoms with Crippen molar-refractivity contribution in [2.45, 2.75) is 83.6 Å². The van der Waals surface area contributed by atoms with Crippen LogP contribution in [0.4, 0.5) is 14.5 Å². The van der Waals surface area contributed by atoms with Gasteiger partial charge >= 0.3 is 12.6 Å². The highest BCUT2D eigenvalue weighted by Crippen LogP contribution is 2.54. The first-order valence-electron chi connectivity index (χ1n) is 15.8. The van der Waals surface area contributed by atoms with E-state index in [0.717, 1.165) is 15.6 Å². The molecule has 0 aliphatic heterocycles. The average Bonchev–Trinajstić information content (AvgIpc) is 3.02. The topological polar surface area (TPSA) is 89.6 Å². The van der Waals surface area contributed by atoms with E-state index < -0.39 is 29.2 Å². The Morgan fingerprint density at radius 3 is 2.34 bits per heavy atom. The number of anilines is 1. The number of ether oxygens (including phenoxy) is 2. The van der Waals surface area contributed by atoms with Crippen molar-refractivity contribution in [2.75, 3.05) is 5.32 Å². The number of alkyl halides is 2. The molecule has 3 aromatic carbocycles. The van der Waals surface area contributed by atoms with E-state index in [1.165, 1.54) is 6.07 Å². The molecule has 10 heteroatoms. The van der Waals surface area contributed by atoms with Crippen molar-refractivity contribution in [3.8, 4) is 17.0 Å². The molecule has 47 heavy (non-hydrogen) atoms. The summed E-state index contributed by atoms with van der Waals surface area (Å²) in [7, 11) is 0. The predicted octanol–water partition coefficient (Wildman–Crippen LogP) is 8.83. The van der Waals surface area contributed by atoms with Gasteiger partial charge in [-0.15, -0.1) is 0 Å². The molecular formula is C37H38BrF2N3O4. The molecule has 1 amide bonds. The van der Waals surface area contributed by atoms with Crippen molar-refractivity contribution < 1.29 is 27.8 Å². The SMILES string of the molecule is Cc1c(-c2ccccc2)nc2ccc(Br)cc2c1C(=O)NC12CCC(C(=O)OC(C)(C)C)(CC1)CC2Nc1ccccc1OC(F)F. The molecule has 3 aliphatic carbocycles. The van der Waals surface area contributed by atoms with Crippen LogP contribution in [-0.4, -0.2) is 40.7 Å². The summed E-state index contributed by atoms with van der Waals surface area (Å²) in [5.41, 5.74) is 1.67. The molecule has 3 saturated carbocycles. The Hall–Kier alpha value is -4.05. The average molecular weight is 707 g/mol. The third-order valence-corrected chi connectivity index (χ3v) is 9.95. The second kappa shape index (κ2) is 12.5. The Morgan fingerprint density at radius 1 is 0.979 bits per heavy atom. The lowest BCUT2D eigenvalue weighted by Gasteiger charge is -2.57. The number of para-hydroxylation sites is 2. The molecule has 2 bridgehead atoms. The maximum Gasteiger partial charge on any atom is 0.387 e. The second-order valence-corrected chi connectivity index (χ2v) is 14.6. The third-order valence-electron chi connectivity index (χ3n) is 9.45. The number of rotatable bonds is 8. The van der Waals surface area contributed by atoms with Gasteiger partial charge in [0.05, 0.1) is 39.5 Å². The Balaban J connectivity index is 1.41. The molecule has 4 aromatic rings. The highest BCUT2D eigenvalue weighted by Gasteiger charge is 2.59. The van der Waals surface area contributed by atoms with Crippen LogP contribution < -0.4 is 15.4 Å². The summed E-state index contributed by atoms with van der Waals surface area (Å²) < 4.78 is 38.3. The van der Waals surface area contributed by atoms with Crippen LogP contribution in [0.5, 0.6) is 5.75 Å². The van der Waals surface area contributed by atoms with Crippen molar-refractivity contribution in [3.05, 3.63) is 88.4 Å². The number of nitrogens with zero attached hydrogens (tertiary/aromatic N) is 1. The summed E-state index contributed by atoms with van der Waals surface area (Å²) >= 11 is 3.56. The molecule has 3 fully saturated rings. The van der Waals surface area contributed by atoms with Crippen LogP contribution in [0.25, 0.3) is 22.2 Å². The Kier molecular flexibility index (Phi) is 8.76. The smallest absolute Gasteiger partial charge is 0.387 e. The van der Waals surface area contributed by atoms with Crippen molar-refractivity contribution in [2.24, 2.45) is 5.41 Å².